The number of amides is 1. The number of ketones is 1. The fraction of sp³-hybridized carbons (Fsp3) is 0.222. The van der Waals surface area contributed by atoms with Crippen molar-refractivity contribution in [2.24, 2.45) is 0 Å². The molecular weight excluding hydrogens is 333 g/mol. The van der Waals surface area contributed by atoms with Gasteiger partial charge in [-0.25, -0.2) is 9.18 Å². The number of hydrogen-bond acceptors (Lipinski definition) is 3. The van der Waals surface area contributed by atoms with Gasteiger partial charge in [0, 0.05) is 16.1 Å². The van der Waals surface area contributed by atoms with Gasteiger partial charge in [-0.2, -0.15) is 0 Å². The van der Waals surface area contributed by atoms with Crippen molar-refractivity contribution in [3.05, 3.63) is 52.3 Å². The van der Waals surface area contributed by atoms with Crippen LogP contribution in [-0.2, 0) is 4.74 Å². The average Bonchev–Trinajstić information content (AvgIpc) is 2.95. The Kier molecular flexibility index (Phi) is 4.28. The van der Waals surface area contributed by atoms with Crippen LogP contribution in [-0.4, -0.2) is 25.0 Å². The van der Waals surface area contributed by atoms with E-state index in [2.05, 4.69) is 0 Å². The number of carbonyl (C=O) groups is 2. The minimum atomic E-state index is -0.507. The fourth-order valence-corrected chi connectivity index (χ4v) is 3.08. The number of halogens is 2. The van der Waals surface area contributed by atoms with Crippen molar-refractivity contribution < 1.29 is 18.7 Å². The van der Waals surface area contributed by atoms with E-state index >= 15 is 0 Å². The monoisotopic (exact) mass is 347 g/mol. The molecule has 0 saturated carbocycles. The van der Waals surface area contributed by atoms with Crippen LogP contribution in [0.3, 0.4) is 0 Å². The van der Waals surface area contributed by atoms with Gasteiger partial charge in [-0.1, -0.05) is 23.7 Å². The number of hydrogen-bond donors (Lipinski definition) is 0. The highest BCUT2D eigenvalue weighted by Crippen LogP contribution is 2.41. The molecule has 0 aromatic heterocycles. The molecular formula is C18H15ClFNO3. The van der Waals surface area contributed by atoms with Crippen molar-refractivity contribution >= 4 is 29.2 Å². The predicted octanol–water partition coefficient (Wildman–Crippen LogP) is 4.61. The Bertz CT molecular complexity index is 850. The molecule has 1 aliphatic heterocycles. The summed E-state index contributed by atoms with van der Waals surface area (Å²) in [6, 6.07) is 7.47. The van der Waals surface area contributed by atoms with E-state index in [0.717, 1.165) is 0 Å². The number of nitrogens with zero attached hydrogens (tertiary/aromatic N) is 1. The van der Waals surface area contributed by atoms with Gasteiger partial charge in [0.1, 0.15) is 12.4 Å². The summed E-state index contributed by atoms with van der Waals surface area (Å²) in [5.41, 5.74) is 2.46. The van der Waals surface area contributed by atoms with Crippen LogP contribution in [0.1, 0.15) is 22.8 Å². The minimum Gasteiger partial charge on any atom is -0.447 e. The van der Waals surface area contributed by atoms with E-state index < -0.39 is 11.9 Å². The van der Waals surface area contributed by atoms with E-state index in [4.69, 9.17) is 16.3 Å². The van der Waals surface area contributed by atoms with Gasteiger partial charge >= 0.3 is 6.09 Å². The van der Waals surface area contributed by atoms with Gasteiger partial charge in [0.2, 0.25) is 0 Å². The number of rotatable bonds is 3. The third kappa shape index (κ3) is 2.76. The molecule has 0 bridgehead atoms. The summed E-state index contributed by atoms with van der Waals surface area (Å²) < 4.78 is 18.7. The van der Waals surface area contributed by atoms with E-state index in [1.54, 1.807) is 25.1 Å². The summed E-state index contributed by atoms with van der Waals surface area (Å²) in [6.07, 6.45) is -0.507. The number of ether oxygens (including phenoxy) is 1. The fourth-order valence-electron chi connectivity index (χ4n) is 2.88. The standard InChI is InChI=1S/C18H15ClFNO3/c1-10-15(19)9-14(11(2)22)16(12-4-3-5-13(20)8-12)17(10)21-6-7-24-18(21)23/h3-5,8-9H,6-7H2,1-2H3. The first kappa shape index (κ1) is 16.5. The zero-order valence-corrected chi connectivity index (χ0v) is 14.0. The maximum atomic E-state index is 13.7. The Balaban J connectivity index is 2.37. The molecule has 24 heavy (non-hydrogen) atoms. The molecule has 6 heteroatoms. The Labute approximate surface area is 143 Å². The van der Waals surface area contributed by atoms with Crippen molar-refractivity contribution in [3.8, 4) is 11.1 Å². The topological polar surface area (TPSA) is 46.6 Å². The number of Topliss-reactive ketones (excluding diaryl/α,β-unsaturated/α-hetero) is 1. The number of cyclic esters (lactones) is 1. The lowest BCUT2D eigenvalue weighted by Crippen LogP contribution is -2.25. The first-order valence-corrected chi connectivity index (χ1v) is 7.82. The molecule has 1 heterocycles. The number of carbonyl (C=O) groups excluding carboxylic acids is 2. The van der Waals surface area contributed by atoms with E-state index in [1.807, 2.05) is 0 Å². The summed E-state index contributed by atoms with van der Waals surface area (Å²) in [4.78, 5) is 25.7. The SMILES string of the molecule is CC(=O)c1cc(Cl)c(C)c(N2CCOC2=O)c1-c1cccc(F)c1. The Morgan fingerprint density at radius 2 is 2.08 bits per heavy atom. The van der Waals surface area contributed by atoms with Crippen molar-refractivity contribution in [2.75, 3.05) is 18.1 Å². The quantitative estimate of drug-likeness (QED) is 0.761. The van der Waals surface area contributed by atoms with Crippen molar-refractivity contribution in [2.45, 2.75) is 13.8 Å². The molecule has 2 aromatic rings. The van der Waals surface area contributed by atoms with Crippen LogP contribution in [0.25, 0.3) is 11.1 Å². The molecule has 1 fully saturated rings. The van der Waals surface area contributed by atoms with Gasteiger partial charge in [-0.15, -0.1) is 0 Å². The Hall–Kier alpha value is -2.40. The number of benzene rings is 2. The van der Waals surface area contributed by atoms with Crippen LogP contribution in [0.4, 0.5) is 14.9 Å². The molecule has 1 aliphatic rings. The Morgan fingerprint density at radius 1 is 1.33 bits per heavy atom. The summed E-state index contributed by atoms with van der Waals surface area (Å²) in [7, 11) is 0. The molecule has 0 spiro atoms. The largest absolute Gasteiger partial charge is 0.447 e. The van der Waals surface area contributed by atoms with Gasteiger partial charge in [0.25, 0.3) is 0 Å². The maximum absolute atomic E-state index is 13.7. The average molecular weight is 348 g/mol. The van der Waals surface area contributed by atoms with E-state index in [-0.39, 0.29) is 12.4 Å². The molecule has 2 aromatic carbocycles. The lowest BCUT2D eigenvalue weighted by atomic mass is 9.92. The molecule has 4 nitrogen and oxygen atoms in total. The predicted molar refractivity (Wildman–Crippen MR) is 90.3 cm³/mol. The van der Waals surface area contributed by atoms with Crippen molar-refractivity contribution in [3.63, 3.8) is 0 Å². The van der Waals surface area contributed by atoms with Crippen LogP contribution >= 0.6 is 11.6 Å². The summed E-state index contributed by atoms with van der Waals surface area (Å²) in [6.45, 7) is 3.77. The molecule has 1 saturated heterocycles. The first-order valence-electron chi connectivity index (χ1n) is 7.44. The van der Waals surface area contributed by atoms with Crippen LogP contribution in [0.15, 0.2) is 30.3 Å². The second kappa shape index (κ2) is 6.24. The molecule has 0 radical (unpaired) electrons. The lowest BCUT2D eigenvalue weighted by molar-refractivity contribution is 0.101. The van der Waals surface area contributed by atoms with E-state index in [0.29, 0.717) is 39.5 Å². The molecule has 3 rings (SSSR count). The smallest absolute Gasteiger partial charge is 0.414 e. The number of anilines is 1. The molecule has 124 valence electrons. The second-order valence-corrected chi connectivity index (χ2v) is 5.99. The zero-order chi connectivity index (χ0) is 17.4. The third-order valence-corrected chi connectivity index (χ3v) is 4.41. The first-order chi connectivity index (χ1) is 11.4. The van der Waals surface area contributed by atoms with Crippen LogP contribution in [0.2, 0.25) is 5.02 Å². The molecule has 0 aliphatic carbocycles. The second-order valence-electron chi connectivity index (χ2n) is 5.59. The van der Waals surface area contributed by atoms with Crippen LogP contribution in [0.5, 0.6) is 0 Å². The third-order valence-electron chi connectivity index (χ3n) is 4.01. The summed E-state index contributed by atoms with van der Waals surface area (Å²) in [5.74, 6) is -0.644. The van der Waals surface area contributed by atoms with Crippen LogP contribution in [0, 0.1) is 12.7 Å². The molecule has 0 unspecified atom stereocenters. The minimum absolute atomic E-state index is 0.218. The molecule has 1 amide bonds. The van der Waals surface area contributed by atoms with Crippen LogP contribution < -0.4 is 4.90 Å². The van der Waals surface area contributed by atoms with Gasteiger partial charge in [-0.3, -0.25) is 9.69 Å². The van der Waals surface area contributed by atoms with Gasteiger partial charge < -0.3 is 4.74 Å². The summed E-state index contributed by atoms with van der Waals surface area (Å²) >= 11 is 6.27. The van der Waals surface area contributed by atoms with Gasteiger partial charge in [0.05, 0.1) is 12.2 Å². The highest BCUT2D eigenvalue weighted by atomic mass is 35.5. The normalized spacial score (nSPS) is 14.0. The summed E-state index contributed by atoms with van der Waals surface area (Å²) in [5, 5.41) is 0.370. The highest BCUT2D eigenvalue weighted by molar-refractivity contribution is 6.33. The maximum Gasteiger partial charge on any atom is 0.414 e. The van der Waals surface area contributed by atoms with E-state index in [1.165, 1.54) is 24.0 Å². The van der Waals surface area contributed by atoms with Gasteiger partial charge in [-0.05, 0) is 43.2 Å². The van der Waals surface area contributed by atoms with Crippen molar-refractivity contribution in [1.29, 1.82) is 0 Å². The Morgan fingerprint density at radius 3 is 2.67 bits per heavy atom. The molecule has 0 atom stereocenters. The highest BCUT2D eigenvalue weighted by Gasteiger charge is 2.30. The van der Waals surface area contributed by atoms with E-state index in [9.17, 15) is 14.0 Å². The zero-order valence-electron chi connectivity index (χ0n) is 13.2. The lowest BCUT2D eigenvalue weighted by Gasteiger charge is -2.23. The molecule has 0 N–H and O–H groups in total. The van der Waals surface area contributed by atoms with Crippen molar-refractivity contribution in [1.82, 2.24) is 0 Å². The van der Waals surface area contributed by atoms with Gasteiger partial charge in [0.15, 0.2) is 5.78 Å².